The average molecular weight is 667 g/mol. The van der Waals surface area contributed by atoms with Gasteiger partial charge in [0.2, 0.25) is 0 Å². The lowest BCUT2D eigenvalue weighted by molar-refractivity contribution is 0.0746. The van der Waals surface area contributed by atoms with Crippen LogP contribution in [0.1, 0.15) is 33.0 Å². The molecule has 6 heterocycles. The lowest BCUT2D eigenvalue weighted by Crippen LogP contribution is -2.49. The smallest absolute Gasteiger partial charge is 0.269 e. The third kappa shape index (κ3) is 6.25. The molecule has 2 amide bonds. The Morgan fingerprint density at radius 3 is 2.24 bits per heavy atom. The van der Waals surface area contributed by atoms with Crippen molar-refractivity contribution in [2.24, 2.45) is 0 Å². The van der Waals surface area contributed by atoms with Gasteiger partial charge in [-0.25, -0.2) is 4.68 Å². The van der Waals surface area contributed by atoms with Gasteiger partial charge in [-0.1, -0.05) is 41.6 Å². The number of hydrogen-bond acceptors (Lipinski definition) is 9. The highest BCUT2D eigenvalue weighted by Crippen LogP contribution is 2.29. The Balaban J connectivity index is 0.816. The predicted molar refractivity (Wildman–Crippen MR) is 187 cm³/mol. The number of rotatable bonds is 10. The number of pyridine rings is 1. The summed E-state index contributed by atoms with van der Waals surface area (Å²) in [5.74, 6) is 0.928. The highest BCUT2D eigenvalue weighted by molar-refractivity contribution is 6.08. The molecular weight excluding hydrogens is 632 g/mol. The van der Waals surface area contributed by atoms with Crippen LogP contribution in [0.5, 0.6) is 0 Å². The fourth-order valence-corrected chi connectivity index (χ4v) is 6.41. The number of nitrogens with zero attached hydrogens (tertiary/aromatic N) is 11. The zero-order chi connectivity index (χ0) is 33.9. The minimum atomic E-state index is -0.327. The van der Waals surface area contributed by atoms with E-state index < -0.39 is 0 Å². The number of carbonyl (C=O) groups is 2. The summed E-state index contributed by atoms with van der Waals surface area (Å²) in [4.78, 5) is 34.4. The van der Waals surface area contributed by atoms with E-state index in [0.29, 0.717) is 63.6 Å². The molecule has 1 fully saturated rings. The molecule has 1 N–H and O–H groups in total. The first-order valence-electron chi connectivity index (χ1n) is 16.6. The second-order valence-electron chi connectivity index (χ2n) is 12.1. The molecule has 1 aliphatic heterocycles. The maximum Gasteiger partial charge on any atom is 0.269 e. The number of benzene rings is 2. The molecular formula is C36H34N12O2. The Bertz CT molecular complexity index is 2210. The van der Waals surface area contributed by atoms with Crippen LogP contribution < -0.4 is 10.2 Å². The summed E-state index contributed by atoms with van der Waals surface area (Å²) < 4.78 is 5.72. The van der Waals surface area contributed by atoms with E-state index >= 15 is 0 Å². The van der Waals surface area contributed by atoms with Crippen LogP contribution in [0.2, 0.25) is 0 Å². The van der Waals surface area contributed by atoms with Gasteiger partial charge in [-0.2, -0.15) is 5.10 Å². The predicted octanol–water partition coefficient (Wildman–Crippen LogP) is 3.59. The molecule has 2 aromatic carbocycles. The van der Waals surface area contributed by atoms with Crippen LogP contribution >= 0.6 is 0 Å². The van der Waals surface area contributed by atoms with Crippen LogP contribution in [0.15, 0.2) is 104 Å². The first-order valence-corrected chi connectivity index (χ1v) is 16.6. The van der Waals surface area contributed by atoms with Gasteiger partial charge in [-0.3, -0.25) is 19.3 Å². The molecule has 14 nitrogen and oxygen atoms in total. The molecule has 0 saturated carbocycles. The van der Waals surface area contributed by atoms with E-state index in [0.717, 1.165) is 22.5 Å². The Morgan fingerprint density at radius 1 is 0.780 bits per heavy atom. The Hall–Kier alpha value is -6.44. The van der Waals surface area contributed by atoms with Crippen molar-refractivity contribution in [3.63, 3.8) is 0 Å². The molecule has 0 bridgehead atoms. The number of para-hydroxylation sites is 2. The molecule has 1 aliphatic rings. The van der Waals surface area contributed by atoms with Gasteiger partial charge in [0, 0.05) is 85.2 Å². The van der Waals surface area contributed by atoms with Crippen molar-refractivity contribution in [3.8, 4) is 5.82 Å². The molecule has 7 aromatic rings. The van der Waals surface area contributed by atoms with Crippen molar-refractivity contribution in [1.29, 1.82) is 0 Å². The van der Waals surface area contributed by atoms with Gasteiger partial charge in [0.25, 0.3) is 11.8 Å². The van der Waals surface area contributed by atoms with Gasteiger partial charge in [-0.05, 0) is 48.9 Å². The minimum absolute atomic E-state index is 0.135. The van der Waals surface area contributed by atoms with E-state index in [9.17, 15) is 9.59 Å². The van der Waals surface area contributed by atoms with Crippen molar-refractivity contribution in [3.05, 3.63) is 121 Å². The molecule has 0 aliphatic carbocycles. The van der Waals surface area contributed by atoms with Gasteiger partial charge in [0.15, 0.2) is 11.6 Å². The lowest BCUT2D eigenvalue weighted by atomic mass is 10.1. The number of aryl methyl sites for hydroxylation is 1. The number of hydrogen-bond donors (Lipinski definition) is 1. The van der Waals surface area contributed by atoms with Crippen molar-refractivity contribution < 1.29 is 9.59 Å². The van der Waals surface area contributed by atoms with Crippen LogP contribution in [0.25, 0.3) is 27.6 Å². The Morgan fingerprint density at radius 2 is 1.52 bits per heavy atom. The number of fused-ring (bicyclic) bond motifs is 3. The number of nitrogens with one attached hydrogen (secondary N) is 1. The summed E-state index contributed by atoms with van der Waals surface area (Å²) in [5.41, 5.74) is 3.82. The summed E-state index contributed by atoms with van der Waals surface area (Å²) in [6.45, 7) is 3.91. The van der Waals surface area contributed by atoms with Gasteiger partial charge >= 0.3 is 0 Å². The third-order valence-corrected chi connectivity index (χ3v) is 8.94. The van der Waals surface area contributed by atoms with E-state index in [-0.39, 0.29) is 17.5 Å². The van der Waals surface area contributed by atoms with Gasteiger partial charge < -0.3 is 19.7 Å². The minimum Gasteiger partial charge on any atom is -0.352 e. The fourth-order valence-electron chi connectivity index (χ4n) is 6.41. The highest BCUT2D eigenvalue weighted by Gasteiger charge is 2.24. The van der Waals surface area contributed by atoms with Crippen LogP contribution in [0.4, 0.5) is 5.82 Å². The molecule has 250 valence electrons. The van der Waals surface area contributed by atoms with E-state index in [1.54, 1.807) is 32.6 Å². The monoisotopic (exact) mass is 666 g/mol. The number of amides is 2. The Labute approximate surface area is 287 Å². The van der Waals surface area contributed by atoms with Gasteiger partial charge in [-0.15, -0.1) is 15.3 Å². The largest absolute Gasteiger partial charge is 0.352 e. The highest BCUT2D eigenvalue weighted by atomic mass is 16.2. The van der Waals surface area contributed by atoms with Crippen LogP contribution in [0.3, 0.4) is 0 Å². The Kier molecular flexibility index (Phi) is 8.39. The average Bonchev–Trinajstić information content (AvgIpc) is 3.94. The molecule has 50 heavy (non-hydrogen) atoms. The number of aromatic nitrogens is 9. The van der Waals surface area contributed by atoms with Crippen LogP contribution in [-0.2, 0) is 13.1 Å². The summed E-state index contributed by atoms with van der Waals surface area (Å²) in [6, 6.07) is 25.6. The summed E-state index contributed by atoms with van der Waals surface area (Å²) in [6.07, 6.45) is 7.61. The third-order valence-electron chi connectivity index (χ3n) is 8.94. The zero-order valence-electron chi connectivity index (χ0n) is 27.2. The molecule has 0 radical (unpaired) electrons. The summed E-state index contributed by atoms with van der Waals surface area (Å²) in [5, 5.41) is 26.9. The number of carbonyl (C=O) groups excluding carboxylic acids is 2. The van der Waals surface area contributed by atoms with Crippen molar-refractivity contribution >= 4 is 39.4 Å². The topological polar surface area (TPSA) is 145 Å². The maximum atomic E-state index is 13.3. The fraction of sp³-hybridized carbons (Fsp3) is 0.222. The van der Waals surface area contributed by atoms with Crippen molar-refractivity contribution in [1.82, 2.24) is 54.7 Å². The van der Waals surface area contributed by atoms with E-state index in [1.165, 1.54) is 17.0 Å². The molecule has 0 spiro atoms. The quantitative estimate of drug-likeness (QED) is 0.217. The SMILES string of the molecule is O=C(NCCCn1cc(Cn2c3ccccc3c3ccccc32)nn1)c1cc(C(=O)N2CCN(c3ccc(-n4cccn4)nn3)CC2)ccn1. The molecule has 8 rings (SSSR count). The van der Waals surface area contributed by atoms with Crippen LogP contribution in [-0.4, -0.2) is 94.0 Å². The summed E-state index contributed by atoms with van der Waals surface area (Å²) in [7, 11) is 0. The van der Waals surface area contributed by atoms with E-state index in [2.05, 4.69) is 93.9 Å². The van der Waals surface area contributed by atoms with Crippen molar-refractivity contribution in [2.75, 3.05) is 37.6 Å². The molecule has 14 heteroatoms. The van der Waals surface area contributed by atoms with Gasteiger partial charge in [0.1, 0.15) is 11.4 Å². The number of piperazine rings is 1. The standard InChI is InChI=1S/C36H34N12O2/c49-35(38-14-5-17-46-24-27(40-43-46)25-47-31-9-3-1-7-28(31)29-8-2-4-10-32(29)47)30-23-26(13-16-37-30)36(50)45-21-19-44(20-22-45)33-11-12-34(42-41-33)48-18-6-15-39-48/h1-4,6-13,15-16,18,23-24H,5,14,17,19-22,25H2,(H,38,49). The van der Waals surface area contributed by atoms with E-state index in [1.807, 2.05) is 30.6 Å². The normalized spacial score (nSPS) is 13.3. The molecule has 5 aromatic heterocycles. The second kappa shape index (κ2) is 13.6. The van der Waals surface area contributed by atoms with E-state index in [4.69, 9.17) is 0 Å². The molecule has 1 saturated heterocycles. The first kappa shape index (κ1) is 30.9. The molecule has 0 atom stereocenters. The van der Waals surface area contributed by atoms with Crippen molar-refractivity contribution in [2.45, 2.75) is 19.5 Å². The molecule has 0 unspecified atom stereocenters. The lowest BCUT2D eigenvalue weighted by Gasteiger charge is -2.35. The van der Waals surface area contributed by atoms with Crippen LogP contribution in [0, 0.1) is 0 Å². The van der Waals surface area contributed by atoms with Gasteiger partial charge in [0.05, 0.1) is 12.7 Å². The second-order valence-corrected chi connectivity index (χ2v) is 12.1. The summed E-state index contributed by atoms with van der Waals surface area (Å²) >= 11 is 0. The zero-order valence-corrected chi connectivity index (χ0v) is 27.2. The number of anilines is 1. The maximum absolute atomic E-state index is 13.3. The first-order chi connectivity index (χ1) is 24.6.